The van der Waals surface area contributed by atoms with Crippen molar-refractivity contribution in [1.82, 2.24) is 9.97 Å². The zero-order valence-electron chi connectivity index (χ0n) is 13.8. The van der Waals surface area contributed by atoms with Crippen LogP contribution in [0.5, 0.6) is 0 Å². The van der Waals surface area contributed by atoms with Crippen molar-refractivity contribution in [2.24, 2.45) is 0 Å². The first-order chi connectivity index (χ1) is 12.1. The van der Waals surface area contributed by atoms with Crippen LogP contribution in [0, 0.1) is 6.92 Å². The number of aryl methyl sites for hydroxylation is 1. The van der Waals surface area contributed by atoms with Crippen LogP contribution in [-0.4, -0.2) is 16.5 Å². The first kappa shape index (κ1) is 17.5. The Kier molecular flexibility index (Phi) is 5.74. The minimum atomic E-state index is 0.596. The van der Waals surface area contributed by atoms with Crippen LogP contribution in [0.15, 0.2) is 54.6 Å². The molecule has 1 heterocycles. The minimum Gasteiger partial charge on any atom is -0.354 e. The Morgan fingerprint density at radius 3 is 2.48 bits per heavy atom. The Morgan fingerprint density at radius 1 is 0.920 bits per heavy atom. The molecule has 0 bridgehead atoms. The van der Waals surface area contributed by atoms with E-state index in [2.05, 4.69) is 26.7 Å². The van der Waals surface area contributed by atoms with Crippen LogP contribution in [0.25, 0.3) is 0 Å². The third kappa shape index (κ3) is 5.34. The van der Waals surface area contributed by atoms with Gasteiger partial charge in [-0.05, 0) is 55.3 Å². The molecule has 6 heteroatoms. The van der Waals surface area contributed by atoms with E-state index in [1.165, 1.54) is 5.56 Å². The summed E-state index contributed by atoms with van der Waals surface area (Å²) in [6, 6.07) is 17.2. The Hall–Kier alpha value is -2.30. The average Bonchev–Trinajstić information content (AvgIpc) is 2.57. The molecule has 1 aromatic heterocycles. The van der Waals surface area contributed by atoms with Crippen LogP contribution >= 0.6 is 23.2 Å². The van der Waals surface area contributed by atoms with Crippen molar-refractivity contribution in [1.29, 1.82) is 0 Å². The molecular formula is C19H18Cl2N4. The van der Waals surface area contributed by atoms with E-state index in [1.54, 1.807) is 0 Å². The standard InChI is InChI=1S/C19H18Cl2N4/c1-13-11-18(24-17-7-5-15(20)6-8-17)25-19(23-13)22-10-9-14-3-2-4-16(21)12-14/h2-8,11-12H,9-10H2,1H3,(H2,22,23,24,25). The quantitative estimate of drug-likeness (QED) is 0.600. The number of halogens is 2. The fraction of sp³-hybridized carbons (Fsp3) is 0.158. The molecule has 2 N–H and O–H groups in total. The third-order valence-electron chi connectivity index (χ3n) is 3.56. The summed E-state index contributed by atoms with van der Waals surface area (Å²) in [5.41, 5.74) is 2.98. The van der Waals surface area contributed by atoms with Gasteiger partial charge in [-0.25, -0.2) is 4.98 Å². The number of anilines is 3. The molecule has 0 aliphatic heterocycles. The Morgan fingerprint density at radius 2 is 1.72 bits per heavy atom. The van der Waals surface area contributed by atoms with Crippen molar-refractivity contribution < 1.29 is 0 Å². The van der Waals surface area contributed by atoms with Gasteiger partial charge in [-0.15, -0.1) is 0 Å². The lowest BCUT2D eigenvalue weighted by Gasteiger charge is -2.10. The summed E-state index contributed by atoms with van der Waals surface area (Å²) < 4.78 is 0. The van der Waals surface area contributed by atoms with Gasteiger partial charge in [0.05, 0.1) is 0 Å². The number of aromatic nitrogens is 2. The average molecular weight is 373 g/mol. The summed E-state index contributed by atoms with van der Waals surface area (Å²) in [4.78, 5) is 8.94. The maximum atomic E-state index is 6.01. The van der Waals surface area contributed by atoms with Gasteiger partial charge < -0.3 is 10.6 Å². The first-order valence-corrected chi connectivity index (χ1v) is 8.71. The van der Waals surface area contributed by atoms with E-state index in [0.29, 0.717) is 11.0 Å². The van der Waals surface area contributed by atoms with Crippen molar-refractivity contribution in [3.05, 3.63) is 75.9 Å². The Balaban J connectivity index is 1.63. The van der Waals surface area contributed by atoms with E-state index < -0.39 is 0 Å². The molecule has 0 fully saturated rings. The van der Waals surface area contributed by atoms with Gasteiger partial charge >= 0.3 is 0 Å². The second kappa shape index (κ2) is 8.19. The van der Waals surface area contributed by atoms with E-state index >= 15 is 0 Å². The van der Waals surface area contributed by atoms with Crippen LogP contribution in [0.2, 0.25) is 10.0 Å². The predicted molar refractivity (Wildman–Crippen MR) is 105 cm³/mol. The van der Waals surface area contributed by atoms with Crippen molar-refractivity contribution >= 4 is 40.7 Å². The van der Waals surface area contributed by atoms with Crippen LogP contribution < -0.4 is 10.6 Å². The number of hydrogen-bond acceptors (Lipinski definition) is 4. The molecule has 2 aromatic carbocycles. The first-order valence-electron chi connectivity index (χ1n) is 7.95. The molecule has 128 valence electrons. The lowest BCUT2D eigenvalue weighted by Crippen LogP contribution is -2.09. The topological polar surface area (TPSA) is 49.8 Å². The summed E-state index contributed by atoms with van der Waals surface area (Å²) >= 11 is 11.9. The van der Waals surface area contributed by atoms with E-state index in [9.17, 15) is 0 Å². The second-order valence-electron chi connectivity index (χ2n) is 5.66. The molecule has 0 aliphatic rings. The molecule has 0 amide bonds. The van der Waals surface area contributed by atoms with Crippen molar-refractivity contribution in [2.45, 2.75) is 13.3 Å². The summed E-state index contributed by atoms with van der Waals surface area (Å²) in [6.45, 7) is 2.67. The van der Waals surface area contributed by atoms with Crippen LogP contribution in [-0.2, 0) is 6.42 Å². The summed E-state index contributed by atoms with van der Waals surface area (Å²) in [5.74, 6) is 1.33. The Bertz CT molecular complexity index is 850. The number of benzene rings is 2. The lowest BCUT2D eigenvalue weighted by molar-refractivity contribution is 0.976. The second-order valence-corrected chi connectivity index (χ2v) is 6.53. The molecule has 0 spiro atoms. The predicted octanol–water partition coefficient (Wildman–Crippen LogP) is 5.49. The summed E-state index contributed by atoms with van der Waals surface area (Å²) in [6.07, 6.45) is 0.845. The molecular weight excluding hydrogens is 355 g/mol. The van der Waals surface area contributed by atoms with E-state index in [-0.39, 0.29) is 0 Å². The largest absolute Gasteiger partial charge is 0.354 e. The Labute approximate surface area is 157 Å². The molecule has 3 aromatic rings. The van der Waals surface area contributed by atoms with Gasteiger partial charge in [0, 0.05) is 34.0 Å². The lowest BCUT2D eigenvalue weighted by atomic mass is 10.1. The molecule has 0 saturated carbocycles. The zero-order chi connectivity index (χ0) is 17.6. The molecule has 3 rings (SSSR count). The highest BCUT2D eigenvalue weighted by atomic mass is 35.5. The fourth-order valence-corrected chi connectivity index (χ4v) is 2.74. The van der Waals surface area contributed by atoms with Gasteiger partial charge in [-0.2, -0.15) is 4.98 Å². The van der Waals surface area contributed by atoms with Gasteiger partial charge in [0.2, 0.25) is 5.95 Å². The molecule has 0 saturated heterocycles. The highest BCUT2D eigenvalue weighted by Crippen LogP contribution is 2.19. The highest BCUT2D eigenvalue weighted by Gasteiger charge is 2.03. The summed E-state index contributed by atoms with van der Waals surface area (Å²) in [7, 11) is 0. The molecule has 4 nitrogen and oxygen atoms in total. The van der Waals surface area contributed by atoms with E-state index in [0.717, 1.165) is 35.2 Å². The molecule has 0 aliphatic carbocycles. The molecule has 0 radical (unpaired) electrons. The highest BCUT2D eigenvalue weighted by molar-refractivity contribution is 6.30. The van der Waals surface area contributed by atoms with Crippen LogP contribution in [0.3, 0.4) is 0 Å². The minimum absolute atomic E-state index is 0.596. The number of rotatable bonds is 6. The number of nitrogens with zero attached hydrogens (tertiary/aromatic N) is 2. The van der Waals surface area contributed by atoms with Gasteiger partial charge in [0.25, 0.3) is 0 Å². The number of hydrogen-bond donors (Lipinski definition) is 2. The molecule has 25 heavy (non-hydrogen) atoms. The fourth-order valence-electron chi connectivity index (χ4n) is 2.40. The van der Waals surface area contributed by atoms with Gasteiger partial charge in [-0.3, -0.25) is 0 Å². The molecule has 0 atom stereocenters. The van der Waals surface area contributed by atoms with Gasteiger partial charge in [-0.1, -0.05) is 35.3 Å². The van der Waals surface area contributed by atoms with Crippen molar-refractivity contribution in [3.8, 4) is 0 Å². The number of nitrogens with one attached hydrogen (secondary N) is 2. The van der Waals surface area contributed by atoms with Crippen molar-refractivity contribution in [2.75, 3.05) is 17.2 Å². The maximum absolute atomic E-state index is 6.01. The van der Waals surface area contributed by atoms with Crippen LogP contribution in [0.1, 0.15) is 11.3 Å². The zero-order valence-corrected chi connectivity index (χ0v) is 15.3. The van der Waals surface area contributed by atoms with E-state index in [4.69, 9.17) is 23.2 Å². The monoisotopic (exact) mass is 372 g/mol. The normalized spacial score (nSPS) is 10.5. The molecule has 0 unspecified atom stereocenters. The maximum Gasteiger partial charge on any atom is 0.224 e. The third-order valence-corrected chi connectivity index (χ3v) is 4.04. The van der Waals surface area contributed by atoms with E-state index in [1.807, 2.05) is 55.5 Å². The van der Waals surface area contributed by atoms with Gasteiger partial charge in [0.1, 0.15) is 5.82 Å². The SMILES string of the molecule is Cc1cc(Nc2ccc(Cl)cc2)nc(NCCc2cccc(Cl)c2)n1. The smallest absolute Gasteiger partial charge is 0.224 e. The summed E-state index contributed by atoms with van der Waals surface area (Å²) in [5, 5.41) is 7.97. The van der Waals surface area contributed by atoms with Crippen molar-refractivity contribution in [3.63, 3.8) is 0 Å². The van der Waals surface area contributed by atoms with Crippen LogP contribution in [0.4, 0.5) is 17.5 Å². The van der Waals surface area contributed by atoms with Gasteiger partial charge in [0.15, 0.2) is 0 Å².